The fraction of sp³-hybridized carbons (Fsp3) is 0.167. The van der Waals surface area contributed by atoms with Gasteiger partial charge in [-0.05, 0) is 30.7 Å². The van der Waals surface area contributed by atoms with E-state index in [1.807, 2.05) is 54.8 Å². The monoisotopic (exact) mass is 325 g/mol. The molecular formula is C18H15NO3S. The lowest BCUT2D eigenvalue weighted by Gasteiger charge is -2.14. The van der Waals surface area contributed by atoms with E-state index in [1.54, 1.807) is 11.3 Å². The first-order valence-electron chi connectivity index (χ1n) is 7.39. The maximum Gasteiger partial charge on any atom is 0.253 e. The Balaban J connectivity index is 1.56. The Morgan fingerprint density at radius 1 is 1.17 bits per heavy atom. The third kappa shape index (κ3) is 2.53. The van der Waals surface area contributed by atoms with Crippen LogP contribution in [0.1, 0.15) is 28.9 Å². The molecule has 0 spiro atoms. The zero-order chi connectivity index (χ0) is 15.8. The minimum atomic E-state index is -0.115. The van der Waals surface area contributed by atoms with Crippen LogP contribution in [-0.2, 0) is 0 Å². The second kappa shape index (κ2) is 5.59. The predicted molar refractivity (Wildman–Crippen MR) is 90.3 cm³/mol. The van der Waals surface area contributed by atoms with Crippen molar-refractivity contribution in [2.45, 2.75) is 13.0 Å². The van der Waals surface area contributed by atoms with E-state index in [1.165, 1.54) is 0 Å². The molecule has 1 aliphatic rings. The van der Waals surface area contributed by atoms with Crippen molar-refractivity contribution in [1.82, 2.24) is 5.32 Å². The van der Waals surface area contributed by atoms with Crippen molar-refractivity contribution in [1.29, 1.82) is 0 Å². The molecule has 1 atom stereocenters. The van der Waals surface area contributed by atoms with Crippen LogP contribution in [0.5, 0.6) is 11.5 Å². The van der Waals surface area contributed by atoms with Crippen molar-refractivity contribution in [3.63, 3.8) is 0 Å². The van der Waals surface area contributed by atoms with Gasteiger partial charge in [-0.25, -0.2) is 0 Å². The summed E-state index contributed by atoms with van der Waals surface area (Å²) >= 11 is 1.58. The Morgan fingerprint density at radius 2 is 2.00 bits per heavy atom. The highest BCUT2D eigenvalue weighted by atomic mass is 32.1. The van der Waals surface area contributed by atoms with Crippen LogP contribution in [-0.4, -0.2) is 12.7 Å². The minimum absolute atomic E-state index is 0.0624. The fourth-order valence-corrected chi connectivity index (χ4v) is 3.63. The highest BCUT2D eigenvalue weighted by Gasteiger charge is 2.18. The van der Waals surface area contributed by atoms with Crippen molar-refractivity contribution in [3.05, 3.63) is 59.0 Å². The molecule has 0 aliphatic carbocycles. The molecule has 1 unspecified atom stereocenters. The molecule has 2 aromatic carbocycles. The number of nitrogens with one attached hydrogen (secondary N) is 1. The lowest BCUT2D eigenvalue weighted by atomic mass is 10.1. The van der Waals surface area contributed by atoms with Crippen LogP contribution in [0, 0.1) is 0 Å². The number of benzene rings is 2. The normalized spacial score (nSPS) is 14.0. The lowest BCUT2D eigenvalue weighted by Crippen LogP contribution is -2.26. The molecular weight excluding hydrogens is 310 g/mol. The quantitative estimate of drug-likeness (QED) is 0.788. The number of hydrogen-bond donors (Lipinski definition) is 1. The number of amides is 1. The number of ether oxygens (including phenoxy) is 2. The van der Waals surface area contributed by atoms with Crippen molar-refractivity contribution in [3.8, 4) is 11.5 Å². The Hall–Kier alpha value is -2.53. The van der Waals surface area contributed by atoms with Crippen LogP contribution >= 0.6 is 11.3 Å². The molecule has 5 heteroatoms. The summed E-state index contributed by atoms with van der Waals surface area (Å²) in [4.78, 5) is 12.6. The van der Waals surface area contributed by atoms with Gasteiger partial charge < -0.3 is 14.8 Å². The van der Waals surface area contributed by atoms with Crippen LogP contribution < -0.4 is 14.8 Å². The number of thiophene rings is 1. The number of rotatable bonds is 3. The van der Waals surface area contributed by atoms with Gasteiger partial charge in [-0.3, -0.25) is 4.79 Å². The van der Waals surface area contributed by atoms with Crippen LogP contribution in [0.4, 0.5) is 0 Å². The first-order valence-corrected chi connectivity index (χ1v) is 8.27. The molecule has 116 valence electrons. The molecule has 4 nitrogen and oxygen atoms in total. The third-order valence-electron chi connectivity index (χ3n) is 3.97. The average molecular weight is 325 g/mol. The highest BCUT2D eigenvalue weighted by molar-refractivity contribution is 7.17. The SMILES string of the molecule is CC(NC(=O)c1csc2ccccc12)c1ccc2c(c1)OCO2. The summed E-state index contributed by atoms with van der Waals surface area (Å²) < 4.78 is 11.8. The Morgan fingerprint density at radius 3 is 2.91 bits per heavy atom. The Bertz CT molecular complexity index is 887. The first kappa shape index (κ1) is 14.1. The van der Waals surface area contributed by atoms with Gasteiger partial charge in [-0.1, -0.05) is 24.3 Å². The van der Waals surface area contributed by atoms with Gasteiger partial charge >= 0.3 is 0 Å². The first-order chi connectivity index (χ1) is 11.2. The molecule has 2 heterocycles. The maximum absolute atomic E-state index is 12.6. The average Bonchev–Trinajstić information content (AvgIpc) is 3.20. The van der Waals surface area contributed by atoms with Gasteiger partial charge in [0.05, 0.1) is 11.6 Å². The van der Waals surface area contributed by atoms with Crippen LogP contribution in [0.2, 0.25) is 0 Å². The number of carbonyl (C=O) groups is 1. The standard InChI is InChI=1S/C18H15NO3S/c1-11(12-6-7-15-16(8-12)22-10-21-15)19-18(20)14-9-23-17-5-3-2-4-13(14)17/h2-9,11H,10H2,1H3,(H,19,20). The van der Waals surface area contributed by atoms with Crippen LogP contribution in [0.15, 0.2) is 47.8 Å². The van der Waals surface area contributed by atoms with E-state index in [0.29, 0.717) is 0 Å². The number of fused-ring (bicyclic) bond motifs is 2. The van der Waals surface area contributed by atoms with Gasteiger partial charge in [-0.15, -0.1) is 11.3 Å². The van der Waals surface area contributed by atoms with Gasteiger partial charge in [0, 0.05) is 15.5 Å². The largest absolute Gasteiger partial charge is 0.454 e. The Labute approximate surface area is 137 Å². The number of hydrogen-bond acceptors (Lipinski definition) is 4. The smallest absolute Gasteiger partial charge is 0.253 e. The zero-order valence-electron chi connectivity index (χ0n) is 12.5. The van der Waals surface area contributed by atoms with E-state index in [9.17, 15) is 4.79 Å². The highest BCUT2D eigenvalue weighted by Crippen LogP contribution is 2.34. The molecule has 0 fully saturated rings. The lowest BCUT2D eigenvalue weighted by molar-refractivity contribution is 0.0942. The maximum atomic E-state index is 12.6. The van der Waals surface area contributed by atoms with Crippen LogP contribution in [0.3, 0.4) is 0 Å². The van der Waals surface area contributed by atoms with Crippen LogP contribution in [0.25, 0.3) is 10.1 Å². The summed E-state index contributed by atoms with van der Waals surface area (Å²) in [5.74, 6) is 1.41. The van der Waals surface area contributed by atoms with Crippen molar-refractivity contribution < 1.29 is 14.3 Å². The van der Waals surface area contributed by atoms with E-state index in [0.717, 1.165) is 32.7 Å². The van der Waals surface area contributed by atoms with Crippen molar-refractivity contribution >= 4 is 27.3 Å². The second-order valence-corrected chi connectivity index (χ2v) is 6.36. The molecule has 0 radical (unpaired) electrons. The van der Waals surface area contributed by atoms with E-state index in [-0.39, 0.29) is 18.7 Å². The molecule has 1 amide bonds. The van der Waals surface area contributed by atoms with Crippen molar-refractivity contribution in [2.75, 3.05) is 6.79 Å². The zero-order valence-corrected chi connectivity index (χ0v) is 13.4. The molecule has 1 aromatic heterocycles. The molecule has 0 bridgehead atoms. The Kier molecular flexibility index (Phi) is 3.42. The van der Waals surface area contributed by atoms with E-state index >= 15 is 0 Å². The van der Waals surface area contributed by atoms with Gasteiger partial charge in [0.25, 0.3) is 5.91 Å². The predicted octanol–water partition coefficient (Wildman–Crippen LogP) is 4.12. The third-order valence-corrected chi connectivity index (χ3v) is 4.93. The van der Waals surface area contributed by atoms with Gasteiger partial charge in [0.2, 0.25) is 6.79 Å². The summed E-state index contributed by atoms with van der Waals surface area (Å²) in [6.07, 6.45) is 0. The van der Waals surface area contributed by atoms with E-state index < -0.39 is 0 Å². The van der Waals surface area contributed by atoms with E-state index in [2.05, 4.69) is 5.32 Å². The summed E-state index contributed by atoms with van der Waals surface area (Å²) in [5.41, 5.74) is 1.71. The molecule has 23 heavy (non-hydrogen) atoms. The van der Waals surface area contributed by atoms with Gasteiger partial charge in [0.15, 0.2) is 11.5 Å². The van der Waals surface area contributed by atoms with Gasteiger partial charge in [-0.2, -0.15) is 0 Å². The molecule has 4 rings (SSSR count). The van der Waals surface area contributed by atoms with Gasteiger partial charge in [0.1, 0.15) is 0 Å². The number of carbonyl (C=O) groups excluding carboxylic acids is 1. The fourth-order valence-electron chi connectivity index (χ4n) is 2.69. The van der Waals surface area contributed by atoms with Crippen molar-refractivity contribution in [2.24, 2.45) is 0 Å². The summed E-state index contributed by atoms with van der Waals surface area (Å²) in [6, 6.07) is 13.6. The summed E-state index contributed by atoms with van der Waals surface area (Å²) in [6.45, 7) is 2.21. The topological polar surface area (TPSA) is 47.6 Å². The molecule has 1 N–H and O–H groups in total. The molecule has 1 aliphatic heterocycles. The molecule has 3 aromatic rings. The summed E-state index contributed by atoms with van der Waals surface area (Å²) in [5, 5.41) is 5.96. The summed E-state index contributed by atoms with van der Waals surface area (Å²) in [7, 11) is 0. The second-order valence-electron chi connectivity index (χ2n) is 5.45. The minimum Gasteiger partial charge on any atom is -0.454 e. The van der Waals surface area contributed by atoms with E-state index in [4.69, 9.17) is 9.47 Å². The molecule has 0 saturated carbocycles. The molecule has 0 saturated heterocycles.